The van der Waals surface area contributed by atoms with Gasteiger partial charge < -0.3 is 16.0 Å². The summed E-state index contributed by atoms with van der Waals surface area (Å²) in [5.74, 6) is 0. The Morgan fingerprint density at radius 3 is 3.43 bits per heavy atom. The second-order valence-electron chi connectivity index (χ2n) is 3.90. The number of nitrogens with one attached hydrogen (secondary N) is 3. The zero-order valence-corrected chi connectivity index (χ0v) is 7.71. The molecule has 2 unspecified atom stereocenters. The van der Waals surface area contributed by atoms with Crippen LogP contribution in [0.25, 0.3) is 0 Å². The van der Waals surface area contributed by atoms with E-state index in [9.17, 15) is 4.79 Å². The Hall–Kier alpha value is -1.36. The number of dihydropyridines is 1. The number of allylic oxidation sites excluding steroid dienone is 1. The Labute approximate surface area is 81.7 Å². The molecule has 5 nitrogen and oxygen atoms in total. The molecule has 2 amide bonds. The smallest absolute Gasteiger partial charge is 0.319 e. The van der Waals surface area contributed by atoms with Crippen molar-refractivity contribution in [2.24, 2.45) is 4.99 Å². The van der Waals surface area contributed by atoms with Crippen LogP contribution in [-0.4, -0.2) is 36.9 Å². The number of hydrogen-bond acceptors (Lipinski definition) is 3. The van der Waals surface area contributed by atoms with E-state index < -0.39 is 0 Å². The minimum atomic E-state index is -0.253. The monoisotopic (exact) mass is 192 g/mol. The van der Waals surface area contributed by atoms with E-state index in [4.69, 9.17) is 0 Å². The molecular formula is C9H12N4O. The van der Waals surface area contributed by atoms with Crippen molar-refractivity contribution < 1.29 is 4.79 Å². The molecule has 3 N–H and O–H groups in total. The molecule has 3 aliphatic rings. The van der Waals surface area contributed by atoms with Crippen LogP contribution in [-0.2, 0) is 0 Å². The molecule has 2 fully saturated rings. The maximum absolute atomic E-state index is 11.3. The van der Waals surface area contributed by atoms with Crippen molar-refractivity contribution in [2.75, 3.05) is 13.1 Å². The van der Waals surface area contributed by atoms with E-state index in [0.29, 0.717) is 0 Å². The van der Waals surface area contributed by atoms with Crippen LogP contribution in [0.4, 0.5) is 4.79 Å². The largest absolute Gasteiger partial charge is 0.325 e. The van der Waals surface area contributed by atoms with E-state index in [1.807, 2.05) is 6.08 Å². The third-order valence-electron chi connectivity index (χ3n) is 3.18. The Balaban J connectivity index is 2.04. The second-order valence-corrected chi connectivity index (χ2v) is 3.90. The van der Waals surface area contributed by atoms with Gasteiger partial charge in [0.25, 0.3) is 0 Å². The molecule has 0 aromatic rings. The molecular weight excluding hydrogens is 180 g/mol. The lowest BCUT2D eigenvalue weighted by molar-refractivity contribution is 0.233. The number of urea groups is 1. The van der Waals surface area contributed by atoms with Crippen molar-refractivity contribution in [3.05, 3.63) is 11.8 Å². The van der Waals surface area contributed by atoms with E-state index in [1.165, 1.54) is 0 Å². The minimum absolute atomic E-state index is 0.103. The topological polar surface area (TPSA) is 65.5 Å². The van der Waals surface area contributed by atoms with Crippen LogP contribution >= 0.6 is 0 Å². The van der Waals surface area contributed by atoms with Gasteiger partial charge >= 0.3 is 6.03 Å². The van der Waals surface area contributed by atoms with Gasteiger partial charge in [0.1, 0.15) is 5.54 Å². The van der Waals surface area contributed by atoms with Gasteiger partial charge in [-0.05, 0) is 19.0 Å². The average Bonchev–Trinajstić information content (AvgIpc) is 2.51. The van der Waals surface area contributed by atoms with Crippen molar-refractivity contribution in [1.82, 2.24) is 16.0 Å². The van der Waals surface area contributed by atoms with E-state index >= 15 is 0 Å². The molecule has 3 rings (SSSR count). The van der Waals surface area contributed by atoms with Crippen molar-refractivity contribution in [1.29, 1.82) is 0 Å². The highest BCUT2D eigenvalue weighted by Gasteiger charge is 2.50. The first-order valence-corrected chi connectivity index (χ1v) is 4.85. The Morgan fingerprint density at radius 2 is 2.50 bits per heavy atom. The van der Waals surface area contributed by atoms with Crippen LogP contribution in [0, 0.1) is 0 Å². The van der Waals surface area contributed by atoms with E-state index in [-0.39, 0.29) is 17.6 Å². The molecule has 14 heavy (non-hydrogen) atoms. The van der Waals surface area contributed by atoms with Gasteiger partial charge in [0.2, 0.25) is 0 Å². The summed E-state index contributed by atoms with van der Waals surface area (Å²) in [6.45, 7) is 1.75. The highest BCUT2D eigenvalue weighted by molar-refractivity contribution is 5.86. The van der Waals surface area contributed by atoms with Crippen LogP contribution in [0.3, 0.4) is 0 Å². The quantitative estimate of drug-likeness (QED) is 0.478. The molecule has 3 heterocycles. The second kappa shape index (κ2) is 2.57. The van der Waals surface area contributed by atoms with Gasteiger partial charge in [-0.25, -0.2) is 4.79 Å². The lowest BCUT2D eigenvalue weighted by Gasteiger charge is -2.40. The van der Waals surface area contributed by atoms with Crippen LogP contribution in [0.15, 0.2) is 16.8 Å². The highest BCUT2D eigenvalue weighted by Crippen LogP contribution is 2.32. The van der Waals surface area contributed by atoms with Gasteiger partial charge in [0.15, 0.2) is 0 Å². The van der Waals surface area contributed by atoms with E-state index in [0.717, 1.165) is 25.2 Å². The first-order valence-electron chi connectivity index (χ1n) is 4.85. The molecule has 0 aromatic heterocycles. The first kappa shape index (κ1) is 7.99. The summed E-state index contributed by atoms with van der Waals surface area (Å²) in [4.78, 5) is 15.7. The molecule has 0 radical (unpaired) electrons. The molecule has 0 aromatic carbocycles. The number of carbonyl (C=O) groups is 1. The van der Waals surface area contributed by atoms with Crippen molar-refractivity contribution in [2.45, 2.75) is 18.0 Å². The number of amides is 2. The highest BCUT2D eigenvalue weighted by atomic mass is 16.2. The zero-order chi connectivity index (χ0) is 9.60. The molecule has 0 aliphatic carbocycles. The van der Waals surface area contributed by atoms with Crippen molar-refractivity contribution in [3.8, 4) is 0 Å². The summed E-state index contributed by atoms with van der Waals surface area (Å²) in [5.41, 5.74) is 0.723. The van der Waals surface area contributed by atoms with Gasteiger partial charge in [-0.15, -0.1) is 0 Å². The van der Waals surface area contributed by atoms with Crippen molar-refractivity contribution >= 4 is 12.2 Å². The van der Waals surface area contributed by atoms with Crippen LogP contribution in [0.2, 0.25) is 0 Å². The van der Waals surface area contributed by atoms with Crippen molar-refractivity contribution in [3.63, 3.8) is 0 Å². The predicted octanol–water partition coefficient (Wildman–Crippen LogP) is -0.632. The maximum atomic E-state index is 11.3. The number of nitrogens with zero attached hydrogens (tertiary/aromatic N) is 1. The first-order chi connectivity index (χ1) is 6.81. The summed E-state index contributed by atoms with van der Waals surface area (Å²) in [5, 5.41) is 9.12. The average molecular weight is 192 g/mol. The maximum Gasteiger partial charge on any atom is 0.319 e. The fourth-order valence-corrected chi connectivity index (χ4v) is 2.45. The van der Waals surface area contributed by atoms with Crippen LogP contribution < -0.4 is 16.0 Å². The number of aliphatic imine (C=N–C) groups is 1. The lowest BCUT2D eigenvalue weighted by Crippen LogP contribution is -2.60. The minimum Gasteiger partial charge on any atom is -0.325 e. The van der Waals surface area contributed by atoms with E-state index in [1.54, 1.807) is 6.21 Å². The summed E-state index contributed by atoms with van der Waals surface area (Å²) in [7, 11) is 0. The number of piperidine rings is 1. The summed E-state index contributed by atoms with van der Waals surface area (Å²) in [6.07, 6.45) is 4.57. The van der Waals surface area contributed by atoms with Gasteiger partial charge in [0, 0.05) is 18.5 Å². The Bertz CT molecular complexity index is 349. The third kappa shape index (κ3) is 0.874. The molecule has 2 atom stereocenters. The molecule has 5 heteroatoms. The molecule has 74 valence electrons. The summed E-state index contributed by atoms with van der Waals surface area (Å²) >= 11 is 0. The standard InChI is InChI=1S/C9H12N4O/c14-8-12-6-1-3-11-7-5-10-4-2-9(6,7)13-8/h1,3,7,10H,2,4-5H2,(H2,12,13,14). The van der Waals surface area contributed by atoms with Crippen LogP contribution in [0.1, 0.15) is 6.42 Å². The fourth-order valence-electron chi connectivity index (χ4n) is 2.45. The fraction of sp³-hybridized carbons (Fsp3) is 0.556. The van der Waals surface area contributed by atoms with Gasteiger partial charge in [-0.3, -0.25) is 4.99 Å². The molecule has 0 saturated carbocycles. The lowest BCUT2D eigenvalue weighted by atomic mass is 9.80. The van der Waals surface area contributed by atoms with Crippen LogP contribution in [0.5, 0.6) is 0 Å². The zero-order valence-electron chi connectivity index (χ0n) is 7.71. The normalized spacial score (nSPS) is 39.3. The SMILES string of the molecule is O=C1NC2=CC=NC3CNCCC23N1. The van der Waals surface area contributed by atoms with Gasteiger partial charge in [0.05, 0.1) is 6.04 Å². The molecule has 1 spiro atoms. The summed E-state index contributed by atoms with van der Waals surface area (Å²) in [6, 6.07) is 0.0313. The number of rotatable bonds is 0. The third-order valence-corrected chi connectivity index (χ3v) is 3.18. The molecule has 2 saturated heterocycles. The molecule has 3 aliphatic heterocycles. The number of hydrogen-bond donors (Lipinski definition) is 3. The van der Waals surface area contributed by atoms with Gasteiger partial charge in [-0.2, -0.15) is 0 Å². The van der Waals surface area contributed by atoms with Gasteiger partial charge in [-0.1, -0.05) is 0 Å². The predicted molar refractivity (Wildman–Crippen MR) is 52.2 cm³/mol. The number of carbonyl (C=O) groups excluding carboxylic acids is 1. The van der Waals surface area contributed by atoms with E-state index in [2.05, 4.69) is 20.9 Å². The summed E-state index contributed by atoms with van der Waals surface area (Å²) < 4.78 is 0. The molecule has 0 bridgehead atoms. The Kier molecular flexibility index (Phi) is 1.47. The Morgan fingerprint density at radius 1 is 1.57 bits per heavy atom.